The summed E-state index contributed by atoms with van der Waals surface area (Å²) in [5.74, 6) is -0.0349. The van der Waals surface area contributed by atoms with Gasteiger partial charge in [0, 0.05) is 10.6 Å². The van der Waals surface area contributed by atoms with Crippen LogP contribution in [0.5, 0.6) is 5.75 Å². The Morgan fingerprint density at radius 2 is 1.85 bits per heavy atom. The molecule has 114 valence electrons. The summed E-state index contributed by atoms with van der Waals surface area (Å²) in [4.78, 5) is 0. The van der Waals surface area contributed by atoms with E-state index in [0.717, 1.165) is 6.07 Å². The number of aliphatic hydroxyl groups is 1. The highest BCUT2D eigenvalue weighted by molar-refractivity contribution is 6.30. The molecule has 0 aromatic heterocycles. The molecule has 0 bridgehead atoms. The Kier molecular flexibility index (Phi) is 4.98. The van der Waals surface area contributed by atoms with E-state index in [-0.39, 0.29) is 28.9 Å². The van der Waals surface area contributed by atoms with E-state index in [4.69, 9.17) is 16.3 Å². The van der Waals surface area contributed by atoms with E-state index in [1.807, 2.05) is 13.8 Å². The van der Waals surface area contributed by atoms with Crippen LogP contribution in [0.4, 0.5) is 13.2 Å². The Hall–Kier alpha value is -0.940. The lowest BCUT2D eigenvalue weighted by atomic mass is 9.89. The Bertz CT molecular complexity index is 482. The van der Waals surface area contributed by atoms with Gasteiger partial charge in [-0.1, -0.05) is 25.4 Å². The van der Waals surface area contributed by atoms with Crippen LogP contribution in [-0.2, 0) is 5.60 Å². The van der Waals surface area contributed by atoms with Crippen molar-refractivity contribution in [2.24, 2.45) is 0 Å². The van der Waals surface area contributed by atoms with Crippen molar-refractivity contribution in [3.8, 4) is 5.75 Å². The maximum Gasteiger partial charge on any atom is 0.421 e. The smallest absolute Gasteiger partial charge is 0.421 e. The van der Waals surface area contributed by atoms with Crippen molar-refractivity contribution in [3.63, 3.8) is 0 Å². The fourth-order valence-corrected chi connectivity index (χ4v) is 2.09. The van der Waals surface area contributed by atoms with Gasteiger partial charge in [0.2, 0.25) is 0 Å². The Balaban J connectivity index is 3.60. The highest BCUT2D eigenvalue weighted by Crippen LogP contribution is 2.46. The van der Waals surface area contributed by atoms with Crippen molar-refractivity contribution < 1.29 is 23.0 Å². The molecule has 1 N–H and O–H groups in total. The van der Waals surface area contributed by atoms with E-state index in [1.165, 1.54) is 0 Å². The maximum atomic E-state index is 13.1. The van der Waals surface area contributed by atoms with Gasteiger partial charge in [0.1, 0.15) is 5.75 Å². The summed E-state index contributed by atoms with van der Waals surface area (Å²) in [6, 6.07) is 2.67. The number of benzene rings is 1. The topological polar surface area (TPSA) is 29.5 Å². The molecule has 0 aliphatic heterocycles. The summed E-state index contributed by atoms with van der Waals surface area (Å²) < 4.78 is 44.5. The van der Waals surface area contributed by atoms with E-state index in [1.54, 1.807) is 13.0 Å². The van der Waals surface area contributed by atoms with Gasteiger partial charge in [0.15, 0.2) is 5.60 Å². The number of ether oxygens (including phenoxy) is 1. The quantitative estimate of drug-likeness (QED) is 0.878. The molecule has 0 heterocycles. The molecule has 1 aromatic carbocycles. The highest BCUT2D eigenvalue weighted by Gasteiger charge is 2.53. The second-order valence-electron chi connectivity index (χ2n) is 5.03. The lowest BCUT2D eigenvalue weighted by molar-refractivity contribution is -0.259. The Labute approximate surface area is 121 Å². The van der Waals surface area contributed by atoms with Gasteiger partial charge in [-0.25, -0.2) is 0 Å². The third-order valence-electron chi connectivity index (χ3n) is 3.07. The first-order chi connectivity index (χ1) is 9.02. The summed E-state index contributed by atoms with van der Waals surface area (Å²) >= 11 is 5.89. The predicted molar refractivity (Wildman–Crippen MR) is 72.3 cm³/mol. The van der Waals surface area contributed by atoms with Gasteiger partial charge in [0.05, 0.1) is 6.61 Å². The fourth-order valence-electron chi connectivity index (χ4n) is 1.86. The largest absolute Gasteiger partial charge is 0.493 e. The monoisotopic (exact) mass is 310 g/mol. The molecule has 0 saturated heterocycles. The molecular formula is C14H18ClF3O2. The van der Waals surface area contributed by atoms with Crippen LogP contribution in [0.25, 0.3) is 0 Å². The van der Waals surface area contributed by atoms with Crippen LogP contribution < -0.4 is 4.74 Å². The number of halogens is 4. The second-order valence-corrected chi connectivity index (χ2v) is 5.47. The average Bonchev–Trinajstić information content (AvgIpc) is 2.29. The predicted octanol–water partition coefficient (Wildman–Crippen LogP) is 4.63. The molecule has 20 heavy (non-hydrogen) atoms. The first-order valence-corrected chi connectivity index (χ1v) is 6.66. The van der Waals surface area contributed by atoms with Crippen LogP contribution in [0, 0.1) is 0 Å². The molecule has 1 atom stereocenters. The molecule has 1 rings (SSSR count). The van der Waals surface area contributed by atoms with Crippen molar-refractivity contribution in [1.29, 1.82) is 0 Å². The SMILES string of the molecule is CCOc1c(C(C)C)cc(Cl)cc1C(C)(O)C(F)(F)F. The van der Waals surface area contributed by atoms with Gasteiger partial charge >= 0.3 is 6.18 Å². The molecule has 2 nitrogen and oxygen atoms in total. The zero-order valence-electron chi connectivity index (χ0n) is 11.8. The third-order valence-corrected chi connectivity index (χ3v) is 3.29. The van der Waals surface area contributed by atoms with E-state index < -0.39 is 11.8 Å². The lowest BCUT2D eigenvalue weighted by Gasteiger charge is -2.30. The van der Waals surface area contributed by atoms with Crippen LogP contribution in [0.1, 0.15) is 44.7 Å². The van der Waals surface area contributed by atoms with E-state index in [2.05, 4.69) is 0 Å². The van der Waals surface area contributed by atoms with E-state index in [0.29, 0.717) is 12.5 Å². The van der Waals surface area contributed by atoms with E-state index in [9.17, 15) is 18.3 Å². The van der Waals surface area contributed by atoms with Crippen molar-refractivity contribution in [3.05, 3.63) is 28.3 Å². The summed E-state index contributed by atoms with van der Waals surface area (Å²) in [5, 5.41) is 10.0. The number of alkyl halides is 3. The van der Waals surface area contributed by atoms with Gasteiger partial charge in [-0.2, -0.15) is 13.2 Å². The maximum absolute atomic E-state index is 13.1. The van der Waals surface area contributed by atoms with Gasteiger partial charge in [-0.15, -0.1) is 0 Å². The van der Waals surface area contributed by atoms with Crippen molar-refractivity contribution >= 4 is 11.6 Å². The van der Waals surface area contributed by atoms with E-state index >= 15 is 0 Å². The molecule has 0 aliphatic carbocycles. The first kappa shape index (κ1) is 17.1. The molecule has 0 radical (unpaired) electrons. The molecular weight excluding hydrogens is 293 g/mol. The molecule has 0 amide bonds. The molecule has 0 fully saturated rings. The lowest BCUT2D eigenvalue weighted by Crippen LogP contribution is -2.39. The zero-order chi connectivity index (χ0) is 15.7. The van der Waals surface area contributed by atoms with Gasteiger partial charge in [-0.3, -0.25) is 0 Å². The van der Waals surface area contributed by atoms with Crippen LogP contribution in [0.15, 0.2) is 12.1 Å². The van der Waals surface area contributed by atoms with Crippen molar-refractivity contribution in [2.45, 2.75) is 45.4 Å². The minimum atomic E-state index is -4.82. The second kappa shape index (κ2) is 5.82. The Morgan fingerprint density at radius 1 is 1.30 bits per heavy atom. The summed E-state index contributed by atoms with van der Waals surface area (Å²) in [6.45, 7) is 6.21. The average molecular weight is 311 g/mol. The number of hydrogen-bond donors (Lipinski definition) is 1. The fraction of sp³-hybridized carbons (Fsp3) is 0.571. The molecule has 0 saturated carbocycles. The summed E-state index contributed by atoms with van der Waals surface area (Å²) in [5.41, 5.74) is -2.84. The van der Waals surface area contributed by atoms with Crippen LogP contribution in [0.3, 0.4) is 0 Å². The van der Waals surface area contributed by atoms with Crippen LogP contribution in [-0.4, -0.2) is 17.9 Å². The normalized spacial score (nSPS) is 15.3. The molecule has 0 aliphatic rings. The number of hydrogen-bond acceptors (Lipinski definition) is 2. The number of rotatable bonds is 4. The molecule has 6 heteroatoms. The Morgan fingerprint density at radius 3 is 2.25 bits per heavy atom. The van der Waals surface area contributed by atoms with Crippen LogP contribution >= 0.6 is 11.6 Å². The molecule has 1 aromatic rings. The highest BCUT2D eigenvalue weighted by atomic mass is 35.5. The van der Waals surface area contributed by atoms with Gasteiger partial charge in [-0.05, 0) is 37.5 Å². The van der Waals surface area contributed by atoms with Crippen molar-refractivity contribution in [2.75, 3.05) is 6.61 Å². The van der Waals surface area contributed by atoms with Gasteiger partial charge in [0.25, 0.3) is 0 Å². The van der Waals surface area contributed by atoms with Crippen molar-refractivity contribution in [1.82, 2.24) is 0 Å². The third kappa shape index (κ3) is 3.20. The van der Waals surface area contributed by atoms with Gasteiger partial charge < -0.3 is 9.84 Å². The summed E-state index contributed by atoms with van der Waals surface area (Å²) in [7, 11) is 0. The first-order valence-electron chi connectivity index (χ1n) is 6.28. The minimum absolute atomic E-state index is 0.0502. The summed E-state index contributed by atoms with van der Waals surface area (Å²) in [6.07, 6.45) is -4.82. The van der Waals surface area contributed by atoms with Crippen LogP contribution in [0.2, 0.25) is 5.02 Å². The molecule has 0 spiro atoms. The minimum Gasteiger partial charge on any atom is -0.493 e. The molecule has 1 unspecified atom stereocenters. The zero-order valence-corrected chi connectivity index (χ0v) is 12.6. The standard InChI is InChI=1S/C14H18ClF3O2/c1-5-20-12-10(8(2)3)6-9(15)7-11(12)13(4,19)14(16,17)18/h6-8,19H,5H2,1-4H3.